The van der Waals surface area contributed by atoms with Crippen LogP contribution in [0.1, 0.15) is 22.3 Å². The van der Waals surface area contributed by atoms with Gasteiger partial charge in [0.25, 0.3) is 0 Å². The van der Waals surface area contributed by atoms with Gasteiger partial charge < -0.3 is 9.84 Å². The Morgan fingerprint density at radius 3 is 1.87 bits per heavy atom. The maximum absolute atomic E-state index is 13.6. The average Bonchev–Trinajstić information content (AvgIpc) is 2.23. The molecule has 0 aliphatic heterocycles. The number of hydrogen-bond acceptors (Lipinski definition) is 2. The van der Waals surface area contributed by atoms with E-state index in [0.29, 0.717) is 5.56 Å². The number of ether oxygens (including phenoxy) is 1. The Morgan fingerprint density at radius 2 is 1.53 bits per heavy atom. The van der Waals surface area contributed by atoms with Gasteiger partial charge in [0.2, 0.25) is 0 Å². The fourth-order valence-electron chi connectivity index (χ4n) is 1.60. The first-order valence-electron chi connectivity index (χ1n) is 4.60. The maximum Gasteiger partial charge on any atom is 0.134 e. The van der Waals surface area contributed by atoms with Crippen LogP contribution in [0.15, 0.2) is 0 Å². The first-order valence-corrected chi connectivity index (χ1v) is 4.60. The summed E-state index contributed by atoms with van der Waals surface area (Å²) >= 11 is 0. The van der Waals surface area contributed by atoms with E-state index >= 15 is 0 Å². The van der Waals surface area contributed by atoms with Crippen LogP contribution in [-0.4, -0.2) is 12.2 Å². The lowest BCUT2D eigenvalue weighted by atomic mass is 9.98. The summed E-state index contributed by atoms with van der Waals surface area (Å²) in [4.78, 5) is 0. The Morgan fingerprint density at radius 1 is 1.07 bits per heavy atom. The molecule has 0 fully saturated rings. The van der Waals surface area contributed by atoms with Crippen molar-refractivity contribution in [1.29, 1.82) is 0 Å². The molecule has 2 nitrogen and oxygen atoms in total. The van der Waals surface area contributed by atoms with Gasteiger partial charge >= 0.3 is 0 Å². The number of rotatable bonds is 3. The standard InChI is InChI=1S/C11H14F2O2/c1-6-8(4-14)7(2)11(13)9(5-15-3)10(6)12/h14H,4-5H2,1-3H3. The quantitative estimate of drug-likeness (QED) is 0.839. The highest BCUT2D eigenvalue weighted by atomic mass is 19.1. The number of hydrogen-bond donors (Lipinski definition) is 1. The molecule has 1 N–H and O–H groups in total. The highest BCUT2D eigenvalue weighted by Crippen LogP contribution is 2.25. The van der Waals surface area contributed by atoms with E-state index in [0.717, 1.165) is 0 Å². The number of aliphatic hydroxyl groups is 1. The van der Waals surface area contributed by atoms with Crippen LogP contribution in [0.25, 0.3) is 0 Å². The van der Waals surface area contributed by atoms with Gasteiger partial charge in [-0.3, -0.25) is 0 Å². The van der Waals surface area contributed by atoms with Crippen LogP contribution in [-0.2, 0) is 18.0 Å². The molecule has 0 atom stereocenters. The molecule has 0 spiro atoms. The van der Waals surface area contributed by atoms with E-state index in [4.69, 9.17) is 9.84 Å². The Labute approximate surface area is 87.5 Å². The Bertz CT molecular complexity index is 346. The van der Waals surface area contributed by atoms with Gasteiger partial charge in [-0.25, -0.2) is 8.78 Å². The first-order chi connectivity index (χ1) is 7.04. The molecular formula is C11H14F2O2. The Balaban J connectivity index is 3.44. The molecule has 0 amide bonds. The summed E-state index contributed by atoms with van der Waals surface area (Å²) in [6, 6.07) is 0. The first kappa shape index (κ1) is 12.1. The second-order valence-corrected chi connectivity index (χ2v) is 3.43. The molecular weight excluding hydrogens is 202 g/mol. The largest absolute Gasteiger partial charge is 0.392 e. The summed E-state index contributed by atoms with van der Waals surface area (Å²) < 4.78 is 32.0. The number of halogens is 2. The minimum absolute atomic E-state index is 0.0790. The molecule has 0 saturated heterocycles. The highest BCUT2D eigenvalue weighted by Gasteiger charge is 2.18. The van der Waals surface area contributed by atoms with Crippen molar-refractivity contribution in [2.24, 2.45) is 0 Å². The number of aliphatic hydroxyl groups excluding tert-OH is 1. The Kier molecular flexibility index (Phi) is 3.77. The molecule has 0 unspecified atom stereocenters. The monoisotopic (exact) mass is 216 g/mol. The lowest BCUT2D eigenvalue weighted by molar-refractivity contribution is 0.177. The van der Waals surface area contributed by atoms with Crippen LogP contribution in [0.4, 0.5) is 8.78 Å². The van der Waals surface area contributed by atoms with E-state index < -0.39 is 11.6 Å². The van der Waals surface area contributed by atoms with Gasteiger partial charge in [0.15, 0.2) is 0 Å². The predicted octanol–water partition coefficient (Wildman–Crippen LogP) is 2.22. The normalized spacial score (nSPS) is 10.8. The van der Waals surface area contributed by atoms with Crippen molar-refractivity contribution in [1.82, 2.24) is 0 Å². The predicted molar refractivity (Wildman–Crippen MR) is 52.5 cm³/mol. The van der Waals surface area contributed by atoms with Gasteiger partial charge in [0.05, 0.1) is 13.2 Å². The Hall–Kier alpha value is -1.00. The SMILES string of the molecule is COCc1c(F)c(C)c(CO)c(C)c1F. The van der Waals surface area contributed by atoms with Crippen LogP contribution in [0.2, 0.25) is 0 Å². The lowest BCUT2D eigenvalue weighted by Gasteiger charge is -2.14. The van der Waals surface area contributed by atoms with Crippen molar-refractivity contribution in [3.8, 4) is 0 Å². The van der Waals surface area contributed by atoms with E-state index in [1.165, 1.54) is 21.0 Å². The van der Waals surface area contributed by atoms with Gasteiger partial charge in [0, 0.05) is 12.7 Å². The third-order valence-corrected chi connectivity index (χ3v) is 2.54. The van der Waals surface area contributed by atoms with Crippen molar-refractivity contribution in [3.05, 3.63) is 33.9 Å². The van der Waals surface area contributed by atoms with Crippen molar-refractivity contribution >= 4 is 0 Å². The zero-order valence-corrected chi connectivity index (χ0v) is 9.03. The zero-order valence-electron chi connectivity index (χ0n) is 9.03. The molecule has 1 rings (SSSR count). The van der Waals surface area contributed by atoms with Gasteiger partial charge in [-0.2, -0.15) is 0 Å². The second-order valence-electron chi connectivity index (χ2n) is 3.43. The smallest absolute Gasteiger partial charge is 0.134 e. The molecule has 1 aromatic rings. The minimum Gasteiger partial charge on any atom is -0.392 e. The van der Waals surface area contributed by atoms with Gasteiger partial charge in [-0.1, -0.05) is 0 Å². The van der Waals surface area contributed by atoms with Crippen molar-refractivity contribution in [3.63, 3.8) is 0 Å². The lowest BCUT2D eigenvalue weighted by Crippen LogP contribution is -2.07. The summed E-state index contributed by atoms with van der Waals surface area (Å²) in [5.41, 5.74) is 0.793. The zero-order chi connectivity index (χ0) is 11.6. The van der Waals surface area contributed by atoms with Gasteiger partial charge in [-0.05, 0) is 30.5 Å². The van der Waals surface area contributed by atoms with Crippen LogP contribution >= 0.6 is 0 Å². The van der Waals surface area contributed by atoms with E-state index in [1.54, 1.807) is 0 Å². The summed E-state index contributed by atoms with van der Waals surface area (Å²) in [5, 5.41) is 9.00. The van der Waals surface area contributed by atoms with E-state index in [-0.39, 0.29) is 29.9 Å². The highest BCUT2D eigenvalue weighted by molar-refractivity contribution is 5.40. The molecule has 0 saturated carbocycles. The van der Waals surface area contributed by atoms with Crippen LogP contribution in [0.3, 0.4) is 0 Å². The molecule has 84 valence electrons. The van der Waals surface area contributed by atoms with Crippen LogP contribution in [0, 0.1) is 25.5 Å². The summed E-state index contributed by atoms with van der Waals surface area (Å²) in [7, 11) is 1.38. The molecule has 15 heavy (non-hydrogen) atoms. The van der Waals surface area contributed by atoms with E-state index in [1.807, 2.05) is 0 Å². The molecule has 0 aliphatic carbocycles. The molecule has 0 aromatic heterocycles. The topological polar surface area (TPSA) is 29.5 Å². The number of methoxy groups -OCH3 is 1. The van der Waals surface area contributed by atoms with Crippen molar-refractivity contribution in [2.45, 2.75) is 27.1 Å². The van der Waals surface area contributed by atoms with Crippen molar-refractivity contribution < 1.29 is 18.6 Å². The fraction of sp³-hybridized carbons (Fsp3) is 0.455. The third-order valence-electron chi connectivity index (χ3n) is 2.54. The molecule has 0 aliphatic rings. The molecule has 1 aromatic carbocycles. The minimum atomic E-state index is -0.635. The van der Waals surface area contributed by atoms with Gasteiger partial charge in [-0.15, -0.1) is 0 Å². The van der Waals surface area contributed by atoms with E-state index in [2.05, 4.69) is 0 Å². The summed E-state index contributed by atoms with van der Waals surface area (Å²) in [6.07, 6.45) is 0. The van der Waals surface area contributed by atoms with Crippen molar-refractivity contribution in [2.75, 3.05) is 7.11 Å². The van der Waals surface area contributed by atoms with Gasteiger partial charge in [0.1, 0.15) is 11.6 Å². The van der Waals surface area contributed by atoms with E-state index in [9.17, 15) is 8.78 Å². The van der Waals surface area contributed by atoms with Crippen LogP contribution in [0.5, 0.6) is 0 Å². The average molecular weight is 216 g/mol. The second kappa shape index (κ2) is 4.68. The molecule has 0 bridgehead atoms. The molecule has 0 heterocycles. The molecule has 4 heteroatoms. The van der Waals surface area contributed by atoms with Crippen LogP contribution < -0.4 is 0 Å². The summed E-state index contributed by atoms with van der Waals surface area (Å²) in [6.45, 7) is 2.57. The fourth-order valence-corrected chi connectivity index (χ4v) is 1.60. The third kappa shape index (κ3) is 2.01. The molecule has 0 radical (unpaired) electrons. The maximum atomic E-state index is 13.6. The number of benzene rings is 1. The summed E-state index contributed by atoms with van der Waals surface area (Å²) in [5.74, 6) is -1.27.